The van der Waals surface area contributed by atoms with Gasteiger partial charge < -0.3 is 15.5 Å². The first kappa shape index (κ1) is 17.9. The number of nitrogens with one attached hydrogen (secondary N) is 3. The summed E-state index contributed by atoms with van der Waals surface area (Å²) >= 11 is 5.30. The Morgan fingerprint density at radius 2 is 1.81 bits per heavy atom. The van der Waals surface area contributed by atoms with E-state index >= 15 is 0 Å². The fourth-order valence-corrected chi connectivity index (χ4v) is 2.37. The van der Waals surface area contributed by atoms with Gasteiger partial charge in [-0.15, -0.1) is 0 Å². The molecule has 118 valence electrons. The highest BCUT2D eigenvalue weighted by atomic mass is 32.1. The van der Waals surface area contributed by atoms with Gasteiger partial charge in [-0.05, 0) is 42.8 Å². The first-order chi connectivity index (χ1) is 10.1. The lowest BCUT2D eigenvalue weighted by atomic mass is 10.1. The van der Waals surface area contributed by atoms with Crippen LogP contribution >= 0.6 is 12.2 Å². The summed E-state index contributed by atoms with van der Waals surface area (Å²) in [6.45, 7) is 4.31. The van der Waals surface area contributed by atoms with E-state index in [9.17, 15) is 0 Å². The Kier molecular flexibility index (Phi) is 9.02. The summed E-state index contributed by atoms with van der Waals surface area (Å²) in [6.07, 6.45) is 6.15. The highest BCUT2D eigenvalue weighted by Crippen LogP contribution is 2.12. The van der Waals surface area contributed by atoms with Crippen molar-refractivity contribution in [3.8, 4) is 0 Å². The summed E-state index contributed by atoms with van der Waals surface area (Å²) in [6, 6.07) is 8.60. The molecule has 0 saturated carbocycles. The van der Waals surface area contributed by atoms with E-state index in [1.807, 2.05) is 0 Å². The molecule has 0 amide bonds. The summed E-state index contributed by atoms with van der Waals surface area (Å²) in [5.41, 5.74) is 2.46. The minimum absolute atomic E-state index is 0.711. The predicted octanol–water partition coefficient (Wildman–Crippen LogP) is 2.24. The summed E-state index contributed by atoms with van der Waals surface area (Å²) < 4.78 is 0. The Morgan fingerprint density at radius 1 is 1.10 bits per heavy atom. The zero-order valence-corrected chi connectivity index (χ0v) is 14.5. The van der Waals surface area contributed by atoms with Gasteiger partial charge in [0.05, 0.1) is 20.6 Å². The first-order valence-corrected chi connectivity index (χ1v) is 8.45. The van der Waals surface area contributed by atoms with Crippen molar-refractivity contribution < 1.29 is 4.90 Å². The maximum atomic E-state index is 5.30. The van der Waals surface area contributed by atoms with Crippen LogP contribution in [0.3, 0.4) is 0 Å². The van der Waals surface area contributed by atoms with E-state index in [2.05, 4.69) is 55.9 Å². The summed E-state index contributed by atoms with van der Waals surface area (Å²) in [7, 11) is 4.33. The molecule has 0 aromatic heterocycles. The molecule has 0 fully saturated rings. The minimum atomic E-state index is 0.711. The van der Waals surface area contributed by atoms with Gasteiger partial charge >= 0.3 is 0 Å². The lowest BCUT2D eigenvalue weighted by molar-refractivity contribution is -0.858. The number of benzene rings is 1. The van der Waals surface area contributed by atoms with Gasteiger partial charge in [0.15, 0.2) is 5.11 Å². The van der Waals surface area contributed by atoms with Gasteiger partial charge in [-0.3, -0.25) is 0 Å². The third-order valence-corrected chi connectivity index (χ3v) is 3.67. The van der Waals surface area contributed by atoms with Crippen molar-refractivity contribution in [2.75, 3.05) is 32.5 Å². The van der Waals surface area contributed by atoms with E-state index in [1.54, 1.807) is 0 Å². The second-order valence-corrected chi connectivity index (χ2v) is 6.25. The van der Waals surface area contributed by atoms with E-state index in [-0.39, 0.29) is 0 Å². The zero-order valence-electron chi connectivity index (χ0n) is 13.7. The Labute approximate surface area is 135 Å². The van der Waals surface area contributed by atoms with Crippen LogP contribution in [0.2, 0.25) is 0 Å². The summed E-state index contributed by atoms with van der Waals surface area (Å²) in [5.74, 6) is 0. The van der Waals surface area contributed by atoms with Crippen molar-refractivity contribution in [2.24, 2.45) is 0 Å². The van der Waals surface area contributed by atoms with Gasteiger partial charge in [0.1, 0.15) is 0 Å². The topological polar surface area (TPSA) is 28.5 Å². The Hall–Kier alpha value is -1.13. The van der Waals surface area contributed by atoms with E-state index < -0.39 is 0 Å². The fourth-order valence-electron chi connectivity index (χ4n) is 2.15. The van der Waals surface area contributed by atoms with Crippen LogP contribution in [0, 0.1) is 0 Å². The smallest absolute Gasteiger partial charge is 0.170 e. The first-order valence-electron chi connectivity index (χ1n) is 8.04. The van der Waals surface area contributed by atoms with E-state index in [4.69, 9.17) is 12.2 Å². The molecule has 0 radical (unpaired) electrons. The summed E-state index contributed by atoms with van der Waals surface area (Å²) in [5, 5.41) is 7.20. The van der Waals surface area contributed by atoms with Crippen molar-refractivity contribution in [3.63, 3.8) is 0 Å². The summed E-state index contributed by atoms with van der Waals surface area (Å²) in [4.78, 5) is 1.47. The number of quaternary nitrogens is 1. The lowest BCUT2D eigenvalue weighted by Crippen LogP contribution is -3.05. The number of rotatable bonds is 9. The SMILES string of the molecule is CCCCCc1ccc(NC(=S)NCCC[NH+](C)C)cc1. The molecule has 0 aliphatic carbocycles. The number of aryl methyl sites for hydroxylation is 1. The molecule has 21 heavy (non-hydrogen) atoms. The van der Waals surface area contributed by atoms with Gasteiger partial charge in [0, 0.05) is 18.7 Å². The molecule has 0 heterocycles. The molecule has 0 unspecified atom stereocenters. The number of unbranched alkanes of at least 4 members (excludes halogenated alkanes) is 2. The highest BCUT2D eigenvalue weighted by molar-refractivity contribution is 7.80. The van der Waals surface area contributed by atoms with Crippen LogP contribution in [-0.4, -0.2) is 32.3 Å². The molecule has 1 aromatic carbocycles. The highest BCUT2D eigenvalue weighted by Gasteiger charge is 1.99. The number of hydrogen-bond acceptors (Lipinski definition) is 1. The second kappa shape index (κ2) is 10.6. The van der Waals surface area contributed by atoms with Crippen LogP contribution in [0.4, 0.5) is 5.69 Å². The van der Waals surface area contributed by atoms with Crippen LogP contribution < -0.4 is 15.5 Å². The predicted molar refractivity (Wildman–Crippen MR) is 96.2 cm³/mol. The molecule has 3 nitrogen and oxygen atoms in total. The van der Waals surface area contributed by atoms with Crippen LogP contribution in [0.25, 0.3) is 0 Å². The molecule has 0 aliphatic rings. The average Bonchev–Trinajstić information content (AvgIpc) is 2.45. The van der Waals surface area contributed by atoms with E-state index in [0.29, 0.717) is 5.11 Å². The maximum Gasteiger partial charge on any atom is 0.170 e. The van der Waals surface area contributed by atoms with Crippen LogP contribution in [0.15, 0.2) is 24.3 Å². The van der Waals surface area contributed by atoms with Gasteiger partial charge in [-0.25, -0.2) is 0 Å². The van der Waals surface area contributed by atoms with Crippen molar-refractivity contribution in [3.05, 3.63) is 29.8 Å². The van der Waals surface area contributed by atoms with Gasteiger partial charge in [-0.2, -0.15) is 0 Å². The third kappa shape index (κ3) is 8.68. The van der Waals surface area contributed by atoms with Crippen LogP contribution in [0.5, 0.6) is 0 Å². The number of anilines is 1. The van der Waals surface area contributed by atoms with Crippen molar-refractivity contribution in [1.82, 2.24) is 5.32 Å². The standard InChI is InChI=1S/C17H29N3S/c1-4-5-6-8-15-9-11-16(12-10-15)19-17(21)18-13-7-14-20(2)3/h9-12H,4-8,13-14H2,1-3H3,(H2,18,19,21)/p+1. The van der Waals surface area contributed by atoms with Gasteiger partial charge in [0.2, 0.25) is 0 Å². The van der Waals surface area contributed by atoms with Gasteiger partial charge in [0.25, 0.3) is 0 Å². The van der Waals surface area contributed by atoms with Crippen molar-refractivity contribution in [1.29, 1.82) is 0 Å². The van der Waals surface area contributed by atoms with Crippen molar-refractivity contribution >= 4 is 23.0 Å². The normalized spacial score (nSPS) is 10.7. The molecule has 3 N–H and O–H groups in total. The molecular weight excluding hydrogens is 278 g/mol. The molecule has 0 spiro atoms. The molecule has 0 atom stereocenters. The van der Waals surface area contributed by atoms with Crippen LogP contribution in [-0.2, 0) is 6.42 Å². The monoisotopic (exact) mass is 308 g/mol. The second-order valence-electron chi connectivity index (χ2n) is 5.85. The van der Waals surface area contributed by atoms with E-state index in [0.717, 1.165) is 25.2 Å². The van der Waals surface area contributed by atoms with Crippen LogP contribution in [0.1, 0.15) is 38.2 Å². The molecule has 0 aliphatic heterocycles. The lowest BCUT2D eigenvalue weighted by Gasteiger charge is -2.12. The van der Waals surface area contributed by atoms with Gasteiger partial charge in [-0.1, -0.05) is 31.9 Å². The number of thiocarbonyl (C=S) groups is 1. The maximum absolute atomic E-state index is 5.30. The number of hydrogen-bond donors (Lipinski definition) is 3. The quantitative estimate of drug-likeness (QED) is 0.483. The molecular formula is C17H30N3S+. The third-order valence-electron chi connectivity index (χ3n) is 3.42. The fraction of sp³-hybridized carbons (Fsp3) is 0.588. The molecule has 0 bridgehead atoms. The molecule has 0 saturated heterocycles. The Morgan fingerprint density at radius 3 is 2.43 bits per heavy atom. The van der Waals surface area contributed by atoms with E-state index in [1.165, 1.54) is 36.1 Å². The molecule has 1 rings (SSSR count). The zero-order chi connectivity index (χ0) is 15.5. The average molecular weight is 309 g/mol. The molecule has 1 aromatic rings. The van der Waals surface area contributed by atoms with Crippen molar-refractivity contribution in [2.45, 2.75) is 39.0 Å². The minimum Gasteiger partial charge on any atom is -0.362 e. The Balaban J connectivity index is 2.26. The largest absolute Gasteiger partial charge is 0.362 e. The molecule has 4 heteroatoms. The Bertz CT molecular complexity index is 401.